The number of nitrogens with zero attached hydrogens (tertiary/aromatic N) is 1. The highest BCUT2D eigenvalue weighted by molar-refractivity contribution is 5.15. The van der Waals surface area contributed by atoms with Crippen molar-refractivity contribution in [1.82, 2.24) is 4.90 Å². The van der Waals surface area contributed by atoms with Crippen molar-refractivity contribution in [3.63, 3.8) is 0 Å². The van der Waals surface area contributed by atoms with Crippen molar-refractivity contribution in [2.75, 3.05) is 20.1 Å². The molecule has 2 nitrogen and oxygen atoms in total. The summed E-state index contributed by atoms with van der Waals surface area (Å²) in [5, 5.41) is 0. The van der Waals surface area contributed by atoms with Gasteiger partial charge in [-0.25, -0.2) is 0 Å². The lowest BCUT2D eigenvalue weighted by Crippen LogP contribution is -2.32. The van der Waals surface area contributed by atoms with Crippen molar-refractivity contribution in [3.8, 4) is 0 Å². The molecule has 0 radical (unpaired) electrons. The van der Waals surface area contributed by atoms with E-state index in [4.69, 9.17) is 5.73 Å². The van der Waals surface area contributed by atoms with Crippen molar-refractivity contribution < 1.29 is 0 Å². The van der Waals surface area contributed by atoms with Gasteiger partial charge in [-0.15, -0.1) is 0 Å². The van der Waals surface area contributed by atoms with Crippen molar-refractivity contribution >= 4 is 0 Å². The van der Waals surface area contributed by atoms with Crippen LogP contribution in [0.4, 0.5) is 0 Å². The Morgan fingerprint density at radius 2 is 1.88 bits per heavy atom. The molecule has 0 aliphatic heterocycles. The van der Waals surface area contributed by atoms with Gasteiger partial charge in [0.2, 0.25) is 0 Å². The van der Waals surface area contributed by atoms with Crippen LogP contribution in [0.25, 0.3) is 0 Å². The summed E-state index contributed by atoms with van der Waals surface area (Å²) in [7, 11) is 2.20. The van der Waals surface area contributed by atoms with Gasteiger partial charge in [0.1, 0.15) is 0 Å². The molecule has 0 heterocycles. The normalized spacial score (nSPS) is 13.0. The average Bonchev–Trinajstić information content (AvgIpc) is 2.30. The number of hydrogen-bond acceptors (Lipinski definition) is 2. The van der Waals surface area contributed by atoms with Gasteiger partial charge >= 0.3 is 0 Å². The van der Waals surface area contributed by atoms with Gasteiger partial charge in [-0.3, -0.25) is 0 Å². The Morgan fingerprint density at radius 3 is 2.50 bits per heavy atom. The first-order chi connectivity index (χ1) is 7.74. The van der Waals surface area contributed by atoms with Gasteiger partial charge in [0.15, 0.2) is 0 Å². The third-order valence-corrected chi connectivity index (χ3v) is 3.09. The van der Waals surface area contributed by atoms with E-state index >= 15 is 0 Å². The molecule has 1 atom stereocenters. The SMILES string of the molecule is C[C@H](Cc1ccccc1)N(C)CCCCN. The predicted octanol–water partition coefficient (Wildman–Crippen LogP) is 2.29. The van der Waals surface area contributed by atoms with Crippen LogP contribution in [0.1, 0.15) is 25.3 Å². The van der Waals surface area contributed by atoms with E-state index in [1.807, 2.05) is 0 Å². The lowest BCUT2D eigenvalue weighted by atomic mass is 10.1. The molecule has 1 rings (SSSR count). The van der Waals surface area contributed by atoms with Crippen LogP contribution < -0.4 is 5.73 Å². The number of likely N-dealkylation sites (N-methyl/N-ethyl adjacent to an activating group) is 1. The van der Waals surface area contributed by atoms with Crippen LogP contribution in [0, 0.1) is 0 Å². The number of hydrogen-bond donors (Lipinski definition) is 1. The Labute approximate surface area is 99.5 Å². The Hall–Kier alpha value is -0.860. The minimum atomic E-state index is 0.597. The lowest BCUT2D eigenvalue weighted by molar-refractivity contribution is 0.252. The Kier molecular flexibility index (Phi) is 6.12. The third kappa shape index (κ3) is 4.77. The quantitative estimate of drug-likeness (QED) is 0.714. The van der Waals surface area contributed by atoms with E-state index < -0.39 is 0 Å². The summed E-state index contributed by atoms with van der Waals surface area (Å²) in [5.74, 6) is 0. The smallest absolute Gasteiger partial charge is 0.0104 e. The van der Waals surface area contributed by atoms with Gasteiger partial charge in [-0.1, -0.05) is 30.3 Å². The standard InChI is InChI=1S/C14H24N2/c1-13(16(2)11-7-6-10-15)12-14-8-4-3-5-9-14/h3-5,8-9,13H,6-7,10-12,15H2,1-2H3/t13-/m1/s1. The molecule has 0 saturated heterocycles. The second kappa shape index (κ2) is 7.42. The van der Waals surface area contributed by atoms with Crippen LogP contribution in [0.2, 0.25) is 0 Å². The maximum absolute atomic E-state index is 5.50. The highest BCUT2D eigenvalue weighted by Crippen LogP contribution is 2.07. The summed E-state index contributed by atoms with van der Waals surface area (Å²) in [6.07, 6.45) is 3.45. The molecule has 90 valence electrons. The first-order valence-electron chi connectivity index (χ1n) is 6.18. The maximum atomic E-state index is 5.50. The first kappa shape index (κ1) is 13.2. The van der Waals surface area contributed by atoms with Crippen LogP contribution >= 0.6 is 0 Å². The number of rotatable bonds is 7. The fourth-order valence-electron chi connectivity index (χ4n) is 1.84. The fraction of sp³-hybridized carbons (Fsp3) is 0.571. The molecule has 0 fully saturated rings. The molecule has 2 N–H and O–H groups in total. The lowest BCUT2D eigenvalue weighted by Gasteiger charge is -2.24. The summed E-state index contributed by atoms with van der Waals surface area (Å²) < 4.78 is 0. The number of unbranched alkanes of at least 4 members (excludes halogenated alkanes) is 1. The van der Waals surface area contributed by atoms with Crippen LogP contribution in [-0.2, 0) is 6.42 Å². The van der Waals surface area contributed by atoms with E-state index in [0.29, 0.717) is 6.04 Å². The van der Waals surface area contributed by atoms with Crippen LogP contribution in [0.5, 0.6) is 0 Å². The largest absolute Gasteiger partial charge is 0.330 e. The van der Waals surface area contributed by atoms with Crippen LogP contribution in [0.15, 0.2) is 30.3 Å². The summed E-state index contributed by atoms with van der Waals surface area (Å²) in [4.78, 5) is 2.42. The zero-order chi connectivity index (χ0) is 11.8. The minimum Gasteiger partial charge on any atom is -0.330 e. The third-order valence-electron chi connectivity index (χ3n) is 3.09. The van der Waals surface area contributed by atoms with Crippen molar-refractivity contribution in [2.45, 2.75) is 32.2 Å². The summed E-state index contributed by atoms with van der Waals surface area (Å²) >= 11 is 0. The van der Waals surface area contributed by atoms with Crippen LogP contribution in [-0.4, -0.2) is 31.1 Å². The Morgan fingerprint density at radius 1 is 1.19 bits per heavy atom. The van der Waals surface area contributed by atoms with E-state index in [1.165, 1.54) is 12.0 Å². The van der Waals surface area contributed by atoms with E-state index in [-0.39, 0.29) is 0 Å². The summed E-state index contributed by atoms with van der Waals surface area (Å²) in [6, 6.07) is 11.3. The fourth-order valence-corrected chi connectivity index (χ4v) is 1.84. The van der Waals surface area contributed by atoms with Gasteiger partial charge in [0.05, 0.1) is 0 Å². The highest BCUT2D eigenvalue weighted by Gasteiger charge is 2.08. The van der Waals surface area contributed by atoms with E-state index in [1.54, 1.807) is 0 Å². The Bertz CT molecular complexity index is 271. The molecule has 1 aromatic carbocycles. The second-order valence-electron chi connectivity index (χ2n) is 4.52. The maximum Gasteiger partial charge on any atom is 0.0104 e. The van der Waals surface area contributed by atoms with E-state index in [2.05, 4.69) is 49.2 Å². The molecule has 2 heteroatoms. The van der Waals surface area contributed by atoms with Gasteiger partial charge in [-0.05, 0) is 51.9 Å². The van der Waals surface area contributed by atoms with Crippen molar-refractivity contribution in [1.29, 1.82) is 0 Å². The monoisotopic (exact) mass is 220 g/mol. The Balaban J connectivity index is 2.31. The van der Waals surface area contributed by atoms with Crippen molar-refractivity contribution in [2.24, 2.45) is 5.73 Å². The van der Waals surface area contributed by atoms with E-state index in [9.17, 15) is 0 Å². The average molecular weight is 220 g/mol. The molecule has 0 unspecified atom stereocenters. The zero-order valence-corrected chi connectivity index (χ0v) is 10.5. The molecule has 16 heavy (non-hydrogen) atoms. The molecule has 0 bridgehead atoms. The molecule has 0 aliphatic carbocycles. The summed E-state index contributed by atoms with van der Waals surface area (Å²) in [5.41, 5.74) is 6.91. The van der Waals surface area contributed by atoms with Gasteiger partial charge < -0.3 is 10.6 Å². The molecular formula is C14H24N2. The molecule has 0 saturated carbocycles. The molecule has 1 aromatic rings. The first-order valence-corrected chi connectivity index (χ1v) is 6.18. The summed E-state index contributed by atoms with van der Waals surface area (Å²) in [6.45, 7) is 4.24. The van der Waals surface area contributed by atoms with Crippen LogP contribution in [0.3, 0.4) is 0 Å². The zero-order valence-electron chi connectivity index (χ0n) is 10.5. The van der Waals surface area contributed by atoms with Gasteiger partial charge in [0, 0.05) is 6.04 Å². The van der Waals surface area contributed by atoms with Crippen molar-refractivity contribution in [3.05, 3.63) is 35.9 Å². The van der Waals surface area contributed by atoms with Gasteiger partial charge in [-0.2, -0.15) is 0 Å². The second-order valence-corrected chi connectivity index (χ2v) is 4.52. The predicted molar refractivity (Wildman–Crippen MR) is 70.5 cm³/mol. The topological polar surface area (TPSA) is 29.3 Å². The minimum absolute atomic E-state index is 0.597. The van der Waals surface area contributed by atoms with E-state index in [0.717, 1.165) is 25.9 Å². The molecule has 0 aliphatic rings. The highest BCUT2D eigenvalue weighted by atomic mass is 15.1. The molecular weight excluding hydrogens is 196 g/mol. The molecule has 0 amide bonds. The number of benzene rings is 1. The van der Waals surface area contributed by atoms with Gasteiger partial charge in [0.25, 0.3) is 0 Å². The molecule has 0 aromatic heterocycles. The number of nitrogens with two attached hydrogens (primary N) is 1. The molecule has 0 spiro atoms.